The van der Waals surface area contributed by atoms with Gasteiger partial charge in [0.1, 0.15) is 11.3 Å². The standard InChI is InChI=1S/C27H26BrN3O3/c1-4-31(5-2)22-11-6-18(7-12-22)27-30-23-17-21(10-14-25(23)34-27)29-26(32)15-8-19-16-20(28)9-13-24(19)33-3/h6-17H,4-5H2,1-3H3,(H,29,32)/b15-8+. The number of fused-ring (bicyclic) bond motifs is 1. The topological polar surface area (TPSA) is 67.6 Å². The molecule has 0 unspecified atom stereocenters. The molecule has 6 nitrogen and oxygen atoms in total. The Morgan fingerprint density at radius 2 is 1.85 bits per heavy atom. The predicted molar refractivity (Wildman–Crippen MR) is 141 cm³/mol. The Bertz CT molecular complexity index is 1320. The summed E-state index contributed by atoms with van der Waals surface area (Å²) >= 11 is 3.44. The van der Waals surface area contributed by atoms with E-state index in [0.717, 1.165) is 28.7 Å². The van der Waals surface area contributed by atoms with Gasteiger partial charge in [0, 0.05) is 46.1 Å². The number of anilines is 2. The summed E-state index contributed by atoms with van der Waals surface area (Å²) in [6, 6.07) is 19.2. The van der Waals surface area contributed by atoms with Crippen molar-refractivity contribution in [2.75, 3.05) is 30.4 Å². The summed E-state index contributed by atoms with van der Waals surface area (Å²) in [6.07, 6.45) is 3.19. The van der Waals surface area contributed by atoms with E-state index in [-0.39, 0.29) is 5.91 Å². The molecule has 1 N–H and O–H groups in total. The van der Waals surface area contributed by atoms with Gasteiger partial charge in [-0.05, 0) is 80.6 Å². The van der Waals surface area contributed by atoms with Crippen molar-refractivity contribution >= 4 is 50.4 Å². The Hall–Kier alpha value is -3.58. The minimum Gasteiger partial charge on any atom is -0.496 e. The van der Waals surface area contributed by atoms with E-state index in [0.29, 0.717) is 28.4 Å². The molecule has 0 aliphatic rings. The molecule has 0 saturated heterocycles. The number of ether oxygens (including phenoxy) is 1. The molecule has 0 spiro atoms. The molecule has 3 aromatic carbocycles. The minimum atomic E-state index is -0.253. The summed E-state index contributed by atoms with van der Waals surface area (Å²) in [5, 5.41) is 2.87. The second kappa shape index (κ2) is 10.6. The smallest absolute Gasteiger partial charge is 0.248 e. The van der Waals surface area contributed by atoms with Crippen LogP contribution in [0.5, 0.6) is 5.75 Å². The molecular formula is C27H26BrN3O3. The van der Waals surface area contributed by atoms with Crippen LogP contribution in [0.25, 0.3) is 28.6 Å². The Balaban J connectivity index is 1.49. The van der Waals surface area contributed by atoms with Crippen LogP contribution in [0.4, 0.5) is 11.4 Å². The first kappa shape index (κ1) is 23.6. The van der Waals surface area contributed by atoms with Gasteiger partial charge in [-0.2, -0.15) is 0 Å². The molecule has 1 amide bonds. The largest absolute Gasteiger partial charge is 0.496 e. The number of nitrogens with zero attached hydrogens (tertiary/aromatic N) is 2. The fraction of sp³-hybridized carbons (Fsp3) is 0.185. The number of carbonyl (C=O) groups excluding carboxylic acids is 1. The average molecular weight is 520 g/mol. The van der Waals surface area contributed by atoms with Gasteiger partial charge < -0.3 is 19.4 Å². The first-order valence-corrected chi connectivity index (χ1v) is 11.9. The highest BCUT2D eigenvalue weighted by Gasteiger charge is 2.11. The Morgan fingerprint density at radius 1 is 1.09 bits per heavy atom. The van der Waals surface area contributed by atoms with Gasteiger partial charge >= 0.3 is 0 Å². The lowest BCUT2D eigenvalue weighted by atomic mass is 10.2. The highest BCUT2D eigenvalue weighted by Crippen LogP contribution is 2.28. The molecule has 4 aromatic rings. The van der Waals surface area contributed by atoms with Gasteiger partial charge in [0.2, 0.25) is 11.8 Å². The van der Waals surface area contributed by atoms with Crippen LogP contribution in [0.3, 0.4) is 0 Å². The maximum atomic E-state index is 12.5. The number of amides is 1. The Morgan fingerprint density at radius 3 is 2.56 bits per heavy atom. The van der Waals surface area contributed by atoms with E-state index in [2.05, 4.69) is 57.1 Å². The molecule has 0 atom stereocenters. The number of hydrogen-bond donors (Lipinski definition) is 1. The van der Waals surface area contributed by atoms with E-state index < -0.39 is 0 Å². The third-order valence-electron chi connectivity index (χ3n) is 5.50. The van der Waals surface area contributed by atoms with Gasteiger partial charge in [0.15, 0.2) is 5.58 Å². The highest BCUT2D eigenvalue weighted by atomic mass is 79.9. The lowest BCUT2D eigenvalue weighted by molar-refractivity contribution is -0.111. The molecule has 174 valence electrons. The van der Waals surface area contributed by atoms with Crippen molar-refractivity contribution in [3.05, 3.63) is 76.8 Å². The Labute approximate surface area is 207 Å². The van der Waals surface area contributed by atoms with Crippen molar-refractivity contribution in [1.82, 2.24) is 4.98 Å². The monoisotopic (exact) mass is 519 g/mol. The molecule has 0 bridgehead atoms. The van der Waals surface area contributed by atoms with Crippen LogP contribution in [0, 0.1) is 0 Å². The quantitative estimate of drug-likeness (QED) is 0.260. The summed E-state index contributed by atoms with van der Waals surface area (Å²) in [6.45, 7) is 6.20. The summed E-state index contributed by atoms with van der Waals surface area (Å²) in [7, 11) is 1.60. The second-order valence-electron chi connectivity index (χ2n) is 7.63. The van der Waals surface area contributed by atoms with Gasteiger partial charge in [-0.25, -0.2) is 4.98 Å². The molecule has 0 aliphatic carbocycles. The maximum Gasteiger partial charge on any atom is 0.248 e. The van der Waals surface area contributed by atoms with Gasteiger partial charge in [-0.1, -0.05) is 15.9 Å². The van der Waals surface area contributed by atoms with E-state index in [1.165, 1.54) is 11.8 Å². The predicted octanol–water partition coefficient (Wildman–Crippen LogP) is 6.76. The second-order valence-corrected chi connectivity index (χ2v) is 8.55. The van der Waals surface area contributed by atoms with E-state index in [1.54, 1.807) is 25.3 Å². The zero-order chi connectivity index (χ0) is 24.1. The number of benzene rings is 3. The van der Waals surface area contributed by atoms with E-state index in [4.69, 9.17) is 9.15 Å². The van der Waals surface area contributed by atoms with Crippen LogP contribution in [-0.2, 0) is 4.79 Å². The third-order valence-corrected chi connectivity index (χ3v) is 6.00. The molecule has 34 heavy (non-hydrogen) atoms. The molecule has 0 saturated carbocycles. The SMILES string of the molecule is CCN(CC)c1ccc(-c2nc3cc(NC(=O)/C=C/c4cc(Br)ccc4OC)ccc3o2)cc1. The fourth-order valence-electron chi connectivity index (χ4n) is 3.72. The number of oxazole rings is 1. The number of aromatic nitrogens is 1. The summed E-state index contributed by atoms with van der Waals surface area (Å²) in [4.78, 5) is 19.4. The van der Waals surface area contributed by atoms with Crippen molar-refractivity contribution in [3.63, 3.8) is 0 Å². The first-order valence-electron chi connectivity index (χ1n) is 11.1. The summed E-state index contributed by atoms with van der Waals surface area (Å²) in [5.41, 5.74) is 4.86. The van der Waals surface area contributed by atoms with Crippen molar-refractivity contribution in [3.8, 4) is 17.2 Å². The van der Waals surface area contributed by atoms with Crippen molar-refractivity contribution in [2.24, 2.45) is 0 Å². The number of methoxy groups -OCH3 is 1. The molecule has 4 rings (SSSR count). The zero-order valence-electron chi connectivity index (χ0n) is 19.3. The van der Waals surface area contributed by atoms with E-state index >= 15 is 0 Å². The fourth-order valence-corrected chi connectivity index (χ4v) is 4.10. The average Bonchev–Trinajstić information content (AvgIpc) is 3.27. The van der Waals surface area contributed by atoms with Gasteiger partial charge in [0.05, 0.1) is 7.11 Å². The first-order chi connectivity index (χ1) is 16.5. The number of halogens is 1. The van der Waals surface area contributed by atoms with Gasteiger partial charge in [-0.3, -0.25) is 4.79 Å². The number of nitrogens with one attached hydrogen (secondary N) is 1. The third kappa shape index (κ3) is 5.31. The van der Waals surface area contributed by atoms with E-state index in [1.807, 2.05) is 36.4 Å². The molecule has 0 radical (unpaired) electrons. The normalized spacial score (nSPS) is 11.2. The molecule has 0 fully saturated rings. The number of carbonyl (C=O) groups is 1. The van der Waals surface area contributed by atoms with Gasteiger partial charge in [0.25, 0.3) is 0 Å². The van der Waals surface area contributed by atoms with Gasteiger partial charge in [-0.15, -0.1) is 0 Å². The van der Waals surface area contributed by atoms with Crippen molar-refractivity contribution in [1.29, 1.82) is 0 Å². The maximum absolute atomic E-state index is 12.5. The summed E-state index contributed by atoms with van der Waals surface area (Å²) < 4.78 is 12.2. The van der Waals surface area contributed by atoms with Crippen LogP contribution in [0.1, 0.15) is 19.4 Å². The van der Waals surface area contributed by atoms with Crippen LogP contribution >= 0.6 is 15.9 Å². The van der Waals surface area contributed by atoms with Crippen LogP contribution in [0.2, 0.25) is 0 Å². The number of rotatable bonds is 8. The highest BCUT2D eigenvalue weighted by molar-refractivity contribution is 9.10. The van der Waals surface area contributed by atoms with Crippen LogP contribution in [-0.4, -0.2) is 31.1 Å². The van der Waals surface area contributed by atoms with Crippen LogP contribution < -0.4 is 15.0 Å². The molecule has 0 aliphatic heterocycles. The van der Waals surface area contributed by atoms with Crippen molar-refractivity contribution < 1.29 is 13.9 Å². The summed E-state index contributed by atoms with van der Waals surface area (Å²) in [5.74, 6) is 0.984. The lowest BCUT2D eigenvalue weighted by Crippen LogP contribution is -2.21. The molecule has 7 heteroatoms. The molecular weight excluding hydrogens is 494 g/mol. The zero-order valence-corrected chi connectivity index (χ0v) is 20.9. The molecule has 1 aromatic heterocycles. The minimum absolute atomic E-state index is 0.253. The van der Waals surface area contributed by atoms with Crippen molar-refractivity contribution in [2.45, 2.75) is 13.8 Å². The van der Waals surface area contributed by atoms with E-state index in [9.17, 15) is 4.79 Å². The lowest BCUT2D eigenvalue weighted by Gasteiger charge is -2.20. The van der Waals surface area contributed by atoms with Crippen LogP contribution in [0.15, 0.2) is 75.6 Å². The Kier molecular flexibility index (Phi) is 7.33. The number of hydrogen-bond acceptors (Lipinski definition) is 5. The molecule has 1 heterocycles.